The van der Waals surface area contributed by atoms with E-state index in [1.54, 1.807) is 30.3 Å². The summed E-state index contributed by atoms with van der Waals surface area (Å²) in [7, 11) is 0. The minimum Gasteiger partial charge on any atom is -0.459 e. The molecule has 6 nitrogen and oxygen atoms in total. The van der Waals surface area contributed by atoms with Crippen molar-refractivity contribution in [1.29, 1.82) is 0 Å². The summed E-state index contributed by atoms with van der Waals surface area (Å²) < 4.78 is 5.05. The predicted molar refractivity (Wildman–Crippen MR) is 108 cm³/mol. The summed E-state index contributed by atoms with van der Waals surface area (Å²) in [5, 5.41) is 9.02. The molecule has 7 heteroatoms. The highest BCUT2D eigenvalue weighted by Crippen LogP contribution is 2.22. The molecule has 1 heterocycles. The normalized spacial score (nSPS) is 11.5. The monoisotopic (exact) mass is 397 g/mol. The molecule has 3 N–H and O–H groups in total. The number of amides is 3. The van der Waals surface area contributed by atoms with Crippen LogP contribution in [-0.4, -0.2) is 11.9 Å². The lowest BCUT2D eigenvalue weighted by atomic mass is 10.1. The second kappa shape index (κ2) is 9.10. The van der Waals surface area contributed by atoms with Crippen molar-refractivity contribution in [2.45, 2.75) is 19.5 Å². The number of nitrogens with one attached hydrogen (secondary N) is 3. The van der Waals surface area contributed by atoms with Crippen LogP contribution in [0.1, 0.15) is 34.6 Å². The second-order valence-corrected chi connectivity index (χ2v) is 6.61. The van der Waals surface area contributed by atoms with Gasteiger partial charge in [-0.25, -0.2) is 4.79 Å². The van der Waals surface area contributed by atoms with Crippen molar-refractivity contribution in [3.05, 3.63) is 88.8 Å². The topological polar surface area (TPSA) is 83.4 Å². The summed E-state index contributed by atoms with van der Waals surface area (Å²) >= 11 is 6.15. The molecule has 0 saturated heterocycles. The van der Waals surface area contributed by atoms with E-state index in [0.29, 0.717) is 17.3 Å². The lowest BCUT2D eigenvalue weighted by Crippen LogP contribution is -2.36. The van der Waals surface area contributed by atoms with E-state index in [2.05, 4.69) is 16.0 Å². The first-order valence-electron chi connectivity index (χ1n) is 8.75. The Morgan fingerprint density at radius 1 is 1.04 bits per heavy atom. The van der Waals surface area contributed by atoms with Crippen LogP contribution in [0, 0.1) is 0 Å². The molecule has 144 valence electrons. The van der Waals surface area contributed by atoms with Gasteiger partial charge in [-0.05, 0) is 48.4 Å². The fourth-order valence-corrected chi connectivity index (χ4v) is 2.94. The van der Waals surface area contributed by atoms with Gasteiger partial charge in [0.25, 0.3) is 5.91 Å². The molecule has 3 amide bonds. The van der Waals surface area contributed by atoms with Crippen molar-refractivity contribution in [1.82, 2.24) is 10.6 Å². The largest absolute Gasteiger partial charge is 0.459 e. The smallest absolute Gasteiger partial charge is 0.315 e. The number of hydrogen-bond acceptors (Lipinski definition) is 3. The maximum absolute atomic E-state index is 12.1. The number of urea groups is 1. The van der Waals surface area contributed by atoms with Gasteiger partial charge in [0.05, 0.1) is 12.3 Å². The standard InChI is InChI=1S/C21H20ClN3O3/c1-14(17-5-2-3-6-18(17)22)24-21(27)23-13-15-8-10-16(11-9-15)25-20(26)19-7-4-12-28-19/h2-12,14H,13H2,1H3,(H,25,26)(H2,23,24,27)/t14-/m0/s1. The van der Waals surface area contributed by atoms with E-state index >= 15 is 0 Å². The van der Waals surface area contributed by atoms with E-state index in [-0.39, 0.29) is 23.7 Å². The maximum Gasteiger partial charge on any atom is 0.315 e. The number of carbonyl (C=O) groups is 2. The summed E-state index contributed by atoms with van der Waals surface area (Å²) in [6.07, 6.45) is 1.45. The minimum absolute atomic E-state index is 0.215. The molecule has 0 radical (unpaired) electrons. The lowest BCUT2D eigenvalue weighted by molar-refractivity contribution is 0.0996. The van der Waals surface area contributed by atoms with Gasteiger partial charge in [-0.2, -0.15) is 0 Å². The van der Waals surface area contributed by atoms with Crippen LogP contribution >= 0.6 is 11.6 Å². The molecule has 0 aliphatic heterocycles. The van der Waals surface area contributed by atoms with E-state index in [4.69, 9.17) is 16.0 Å². The van der Waals surface area contributed by atoms with Crippen LogP contribution < -0.4 is 16.0 Å². The van der Waals surface area contributed by atoms with Gasteiger partial charge >= 0.3 is 6.03 Å². The van der Waals surface area contributed by atoms with Gasteiger partial charge in [-0.3, -0.25) is 4.79 Å². The average Bonchev–Trinajstić information content (AvgIpc) is 3.23. The Balaban J connectivity index is 1.48. The molecule has 3 aromatic rings. The van der Waals surface area contributed by atoms with Crippen molar-refractivity contribution >= 4 is 29.2 Å². The van der Waals surface area contributed by atoms with Crippen molar-refractivity contribution in [2.75, 3.05) is 5.32 Å². The molecule has 3 rings (SSSR count). The van der Waals surface area contributed by atoms with Gasteiger partial charge in [-0.15, -0.1) is 0 Å². The molecule has 0 unspecified atom stereocenters. The molecule has 0 fully saturated rings. The quantitative estimate of drug-likeness (QED) is 0.561. The first-order valence-corrected chi connectivity index (χ1v) is 9.13. The summed E-state index contributed by atoms with van der Waals surface area (Å²) in [5.41, 5.74) is 2.40. The predicted octanol–water partition coefficient (Wildman–Crippen LogP) is 4.75. The molecular weight excluding hydrogens is 378 g/mol. The van der Waals surface area contributed by atoms with Crippen LogP contribution in [0.15, 0.2) is 71.3 Å². The fraction of sp³-hybridized carbons (Fsp3) is 0.143. The van der Waals surface area contributed by atoms with Crippen LogP contribution in [0.5, 0.6) is 0 Å². The molecule has 1 atom stereocenters. The Morgan fingerprint density at radius 3 is 2.46 bits per heavy atom. The first-order chi connectivity index (χ1) is 13.5. The zero-order valence-electron chi connectivity index (χ0n) is 15.2. The molecular formula is C21H20ClN3O3. The number of anilines is 1. The number of benzene rings is 2. The SMILES string of the molecule is C[C@H](NC(=O)NCc1ccc(NC(=O)c2ccco2)cc1)c1ccccc1Cl. The average molecular weight is 398 g/mol. The number of halogens is 1. The molecule has 0 bridgehead atoms. The number of carbonyl (C=O) groups excluding carboxylic acids is 2. The summed E-state index contributed by atoms with van der Waals surface area (Å²) in [6.45, 7) is 2.23. The first kappa shape index (κ1) is 19.5. The van der Waals surface area contributed by atoms with Crippen LogP contribution in [0.2, 0.25) is 5.02 Å². The second-order valence-electron chi connectivity index (χ2n) is 6.20. The van der Waals surface area contributed by atoms with Gasteiger partial charge in [-0.1, -0.05) is 41.9 Å². The molecule has 0 aliphatic carbocycles. The van der Waals surface area contributed by atoms with Crippen molar-refractivity contribution in [2.24, 2.45) is 0 Å². The Hall–Kier alpha value is -3.25. The third-order valence-corrected chi connectivity index (χ3v) is 4.47. The van der Waals surface area contributed by atoms with E-state index in [1.807, 2.05) is 37.3 Å². The van der Waals surface area contributed by atoms with Crippen LogP contribution in [0.3, 0.4) is 0 Å². The summed E-state index contributed by atoms with van der Waals surface area (Å²) in [4.78, 5) is 24.1. The highest BCUT2D eigenvalue weighted by atomic mass is 35.5. The number of furan rings is 1. The zero-order chi connectivity index (χ0) is 19.9. The van der Waals surface area contributed by atoms with Gasteiger partial charge in [0.15, 0.2) is 5.76 Å². The Kier molecular flexibility index (Phi) is 6.34. The van der Waals surface area contributed by atoms with Crippen LogP contribution in [0.4, 0.5) is 10.5 Å². The number of rotatable bonds is 6. The highest BCUT2D eigenvalue weighted by Gasteiger charge is 2.12. The zero-order valence-corrected chi connectivity index (χ0v) is 16.0. The van der Waals surface area contributed by atoms with E-state index < -0.39 is 0 Å². The third-order valence-electron chi connectivity index (χ3n) is 4.13. The molecule has 2 aromatic carbocycles. The van der Waals surface area contributed by atoms with Crippen molar-refractivity contribution in [3.8, 4) is 0 Å². The summed E-state index contributed by atoms with van der Waals surface area (Å²) in [6, 6.07) is 17.3. The number of hydrogen-bond donors (Lipinski definition) is 3. The van der Waals surface area contributed by atoms with E-state index in [9.17, 15) is 9.59 Å². The molecule has 28 heavy (non-hydrogen) atoms. The minimum atomic E-state index is -0.316. The molecule has 0 aliphatic rings. The highest BCUT2D eigenvalue weighted by molar-refractivity contribution is 6.31. The van der Waals surface area contributed by atoms with Gasteiger partial charge < -0.3 is 20.4 Å². The lowest BCUT2D eigenvalue weighted by Gasteiger charge is -2.16. The van der Waals surface area contributed by atoms with Crippen LogP contribution in [0.25, 0.3) is 0 Å². The van der Waals surface area contributed by atoms with Gasteiger partial charge in [0.1, 0.15) is 0 Å². The maximum atomic E-state index is 12.1. The van der Waals surface area contributed by atoms with Crippen LogP contribution in [-0.2, 0) is 6.54 Å². The van der Waals surface area contributed by atoms with E-state index in [1.165, 1.54) is 6.26 Å². The Bertz CT molecular complexity index is 940. The third kappa shape index (κ3) is 5.14. The Labute approximate surface area is 167 Å². The van der Waals surface area contributed by atoms with Gasteiger partial charge in [0, 0.05) is 17.3 Å². The van der Waals surface area contributed by atoms with Crippen molar-refractivity contribution in [3.63, 3.8) is 0 Å². The molecule has 0 spiro atoms. The summed E-state index contributed by atoms with van der Waals surface area (Å²) in [5.74, 6) is -0.0705. The molecule has 0 saturated carbocycles. The molecule has 1 aromatic heterocycles. The van der Waals surface area contributed by atoms with Gasteiger partial charge in [0.2, 0.25) is 0 Å². The Morgan fingerprint density at radius 2 is 1.79 bits per heavy atom. The van der Waals surface area contributed by atoms with Crippen molar-refractivity contribution < 1.29 is 14.0 Å². The van der Waals surface area contributed by atoms with E-state index in [0.717, 1.165) is 11.1 Å². The fourth-order valence-electron chi connectivity index (χ4n) is 2.64.